The smallest absolute Gasteiger partial charge is 0.134 e. The Labute approximate surface area is 119 Å². The normalized spacial score (nSPS) is 10.7. The van der Waals surface area contributed by atoms with Crippen LogP contribution in [0.4, 0.5) is 5.69 Å². The molecule has 0 aliphatic rings. The van der Waals surface area contributed by atoms with E-state index in [1.54, 1.807) is 12.1 Å². The predicted molar refractivity (Wildman–Crippen MR) is 81.0 cm³/mol. The summed E-state index contributed by atoms with van der Waals surface area (Å²) in [6, 6.07) is 13.7. The van der Waals surface area contributed by atoms with E-state index in [0.717, 1.165) is 12.2 Å². The molecule has 0 atom stereocenters. The third kappa shape index (κ3) is 3.65. The van der Waals surface area contributed by atoms with E-state index in [9.17, 15) is 5.11 Å². The van der Waals surface area contributed by atoms with Crippen LogP contribution < -0.4 is 5.32 Å². The van der Waals surface area contributed by atoms with Crippen molar-refractivity contribution < 1.29 is 5.11 Å². The Balaban J connectivity index is 2.00. The molecule has 0 radical (unpaired) electrons. The molecule has 2 aromatic rings. The molecule has 0 aliphatic heterocycles. The summed E-state index contributed by atoms with van der Waals surface area (Å²) >= 11 is 5.86. The van der Waals surface area contributed by atoms with Crippen LogP contribution in [-0.4, -0.2) is 5.11 Å². The first-order valence-electron chi connectivity index (χ1n) is 6.37. The molecular formula is C16H18ClNO. The van der Waals surface area contributed by atoms with E-state index in [2.05, 4.69) is 43.4 Å². The topological polar surface area (TPSA) is 32.3 Å². The predicted octanol–water partition coefficient (Wildman–Crippen LogP) is 4.78. The van der Waals surface area contributed by atoms with Gasteiger partial charge in [-0.05, 0) is 35.2 Å². The number of rotatable bonds is 4. The van der Waals surface area contributed by atoms with Crippen LogP contribution in [-0.2, 0) is 6.54 Å². The summed E-state index contributed by atoms with van der Waals surface area (Å²) in [6.45, 7) is 5.11. The van der Waals surface area contributed by atoms with Crippen LogP contribution in [0.1, 0.15) is 30.9 Å². The maximum Gasteiger partial charge on any atom is 0.134 e. The van der Waals surface area contributed by atoms with Crippen molar-refractivity contribution in [1.29, 1.82) is 0 Å². The number of aromatic hydroxyl groups is 1. The van der Waals surface area contributed by atoms with Crippen molar-refractivity contribution in [2.45, 2.75) is 26.3 Å². The summed E-state index contributed by atoms with van der Waals surface area (Å²) in [5, 5.41) is 13.0. The van der Waals surface area contributed by atoms with Gasteiger partial charge in [-0.25, -0.2) is 0 Å². The zero-order valence-electron chi connectivity index (χ0n) is 11.2. The lowest BCUT2D eigenvalue weighted by atomic mass is 10.0. The van der Waals surface area contributed by atoms with E-state index in [-0.39, 0.29) is 5.75 Å². The number of halogens is 1. The van der Waals surface area contributed by atoms with Gasteiger partial charge in [-0.1, -0.05) is 49.7 Å². The van der Waals surface area contributed by atoms with E-state index in [4.69, 9.17) is 11.6 Å². The van der Waals surface area contributed by atoms with Crippen LogP contribution in [0.3, 0.4) is 0 Å². The Morgan fingerprint density at radius 3 is 2.37 bits per heavy atom. The fourth-order valence-corrected chi connectivity index (χ4v) is 2.02. The number of benzene rings is 2. The fourth-order valence-electron chi connectivity index (χ4n) is 1.84. The van der Waals surface area contributed by atoms with Crippen molar-refractivity contribution in [2.24, 2.45) is 0 Å². The third-order valence-electron chi connectivity index (χ3n) is 3.09. The minimum atomic E-state index is 0.105. The molecule has 0 fully saturated rings. The average molecular weight is 276 g/mol. The van der Waals surface area contributed by atoms with E-state index in [1.165, 1.54) is 11.1 Å². The van der Waals surface area contributed by atoms with Gasteiger partial charge in [-0.2, -0.15) is 0 Å². The third-order valence-corrected chi connectivity index (χ3v) is 3.39. The monoisotopic (exact) mass is 275 g/mol. The van der Waals surface area contributed by atoms with Crippen molar-refractivity contribution in [2.75, 3.05) is 5.32 Å². The van der Waals surface area contributed by atoms with Crippen molar-refractivity contribution in [1.82, 2.24) is 0 Å². The molecule has 2 N–H and O–H groups in total. The van der Waals surface area contributed by atoms with Crippen LogP contribution in [0, 0.1) is 0 Å². The second kappa shape index (κ2) is 5.98. The highest BCUT2D eigenvalue weighted by Crippen LogP contribution is 2.26. The quantitative estimate of drug-likeness (QED) is 0.787. The van der Waals surface area contributed by atoms with E-state index in [0.29, 0.717) is 10.9 Å². The Morgan fingerprint density at radius 1 is 1.11 bits per heavy atom. The van der Waals surface area contributed by atoms with Crippen LogP contribution in [0.25, 0.3) is 0 Å². The largest absolute Gasteiger partial charge is 0.506 e. The SMILES string of the molecule is CC(C)c1ccc(CNc2ccc(O)c(Cl)c2)cc1. The summed E-state index contributed by atoms with van der Waals surface area (Å²) in [5.41, 5.74) is 3.46. The minimum Gasteiger partial charge on any atom is -0.506 e. The molecule has 0 amide bonds. The van der Waals surface area contributed by atoms with Crippen molar-refractivity contribution in [3.8, 4) is 5.75 Å². The van der Waals surface area contributed by atoms with Gasteiger partial charge in [0, 0.05) is 12.2 Å². The molecule has 0 aromatic heterocycles. The number of hydrogen-bond donors (Lipinski definition) is 2. The van der Waals surface area contributed by atoms with Gasteiger partial charge in [-0.3, -0.25) is 0 Å². The highest BCUT2D eigenvalue weighted by Gasteiger charge is 2.01. The first-order valence-corrected chi connectivity index (χ1v) is 6.75. The molecule has 2 aromatic carbocycles. The highest BCUT2D eigenvalue weighted by molar-refractivity contribution is 6.32. The molecule has 0 spiro atoms. The molecule has 100 valence electrons. The van der Waals surface area contributed by atoms with Crippen LogP contribution >= 0.6 is 11.6 Å². The number of phenolic OH excluding ortho intramolecular Hbond substituents is 1. The van der Waals surface area contributed by atoms with Crippen molar-refractivity contribution in [3.05, 3.63) is 58.6 Å². The summed E-state index contributed by atoms with van der Waals surface area (Å²) < 4.78 is 0. The fraction of sp³-hybridized carbons (Fsp3) is 0.250. The lowest BCUT2D eigenvalue weighted by Crippen LogP contribution is -1.99. The van der Waals surface area contributed by atoms with Gasteiger partial charge in [-0.15, -0.1) is 0 Å². The Hall–Kier alpha value is -1.67. The number of phenols is 1. The van der Waals surface area contributed by atoms with Gasteiger partial charge < -0.3 is 10.4 Å². The zero-order chi connectivity index (χ0) is 13.8. The molecule has 2 rings (SSSR count). The molecule has 2 nitrogen and oxygen atoms in total. The lowest BCUT2D eigenvalue weighted by Gasteiger charge is -2.09. The average Bonchev–Trinajstić information content (AvgIpc) is 2.40. The number of nitrogens with one attached hydrogen (secondary N) is 1. The van der Waals surface area contributed by atoms with Gasteiger partial charge in [0.1, 0.15) is 5.75 Å². The molecule has 0 saturated carbocycles. The van der Waals surface area contributed by atoms with Crippen molar-refractivity contribution >= 4 is 17.3 Å². The molecule has 0 saturated heterocycles. The van der Waals surface area contributed by atoms with Crippen molar-refractivity contribution in [3.63, 3.8) is 0 Å². The first kappa shape index (κ1) is 13.8. The van der Waals surface area contributed by atoms with Gasteiger partial charge in [0.25, 0.3) is 0 Å². The molecular weight excluding hydrogens is 258 g/mol. The minimum absolute atomic E-state index is 0.105. The van der Waals surface area contributed by atoms with Crippen LogP contribution in [0.15, 0.2) is 42.5 Å². The Kier molecular flexibility index (Phi) is 4.33. The van der Waals surface area contributed by atoms with Gasteiger partial charge in [0.05, 0.1) is 5.02 Å². The van der Waals surface area contributed by atoms with E-state index >= 15 is 0 Å². The molecule has 0 unspecified atom stereocenters. The van der Waals surface area contributed by atoms with E-state index < -0.39 is 0 Å². The second-order valence-electron chi connectivity index (χ2n) is 4.92. The molecule has 19 heavy (non-hydrogen) atoms. The lowest BCUT2D eigenvalue weighted by molar-refractivity contribution is 0.475. The maximum atomic E-state index is 9.35. The van der Waals surface area contributed by atoms with E-state index in [1.807, 2.05) is 6.07 Å². The molecule has 0 aliphatic carbocycles. The summed E-state index contributed by atoms with van der Waals surface area (Å²) in [6.07, 6.45) is 0. The molecule has 0 heterocycles. The summed E-state index contributed by atoms with van der Waals surface area (Å²) in [4.78, 5) is 0. The van der Waals surface area contributed by atoms with Gasteiger partial charge >= 0.3 is 0 Å². The molecule has 3 heteroatoms. The first-order chi connectivity index (χ1) is 9.06. The Morgan fingerprint density at radius 2 is 1.79 bits per heavy atom. The number of hydrogen-bond acceptors (Lipinski definition) is 2. The zero-order valence-corrected chi connectivity index (χ0v) is 11.9. The van der Waals surface area contributed by atoms with Crippen LogP contribution in [0.5, 0.6) is 5.75 Å². The number of anilines is 1. The second-order valence-corrected chi connectivity index (χ2v) is 5.32. The molecule has 0 bridgehead atoms. The van der Waals surface area contributed by atoms with Gasteiger partial charge in [0.2, 0.25) is 0 Å². The maximum absolute atomic E-state index is 9.35. The Bertz CT molecular complexity index is 549. The standard InChI is InChI=1S/C16H18ClNO/c1-11(2)13-5-3-12(4-6-13)10-18-14-7-8-16(19)15(17)9-14/h3-9,11,18-19H,10H2,1-2H3. The summed E-state index contributed by atoms with van der Waals surface area (Å²) in [5.74, 6) is 0.659. The highest BCUT2D eigenvalue weighted by atomic mass is 35.5. The van der Waals surface area contributed by atoms with Gasteiger partial charge in [0.15, 0.2) is 0 Å². The summed E-state index contributed by atoms with van der Waals surface area (Å²) in [7, 11) is 0. The van der Waals surface area contributed by atoms with Crippen LogP contribution in [0.2, 0.25) is 5.02 Å².